The molecule has 0 amide bonds. The van der Waals surface area contributed by atoms with Gasteiger partial charge in [0.05, 0.1) is 19.8 Å². The quantitative estimate of drug-likeness (QED) is 0.519. The molecule has 2 nitrogen and oxygen atoms in total. The lowest BCUT2D eigenvalue weighted by molar-refractivity contribution is 0.413. The summed E-state index contributed by atoms with van der Waals surface area (Å²) in [6.45, 7) is 13.5. The molecule has 4 heteroatoms. The van der Waals surface area contributed by atoms with Crippen molar-refractivity contribution in [3.8, 4) is 34.4 Å². The van der Waals surface area contributed by atoms with Crippen LogP contribution in [0.25, 0.3) is 10.8 Å². The van der Waals surface area contributed by atoms with Gasteiger partial charge in [0.2, 0.25) is 0 Å². The monoisotopic (exact) mass is 380 g/mol. The third-order valence-electron chi connectivity index (χ3n) is 3.66. The zero-order valence-electron chi connectivity index (χ0n) is 17.1. The van der Waals surface area contributed by atoms with Crippen molar-refractivity contribution >= 4 is 26.9 Å². The molecule has 136 valence electrons. The average Bonchev–Trinajstić information content (AvgIpc) is 2.55. The Labute approximate surface area is 159 Å². The van der Waals surface area contributed by atoms with Gasteiger partial charge in [0.25, 0.3) is 0 Å². The van der Waals surface area contributed by atoms with E-state index in [0.717, 1.165) is 33.4 Å². The van der Waals surface area contributed by atoms with E-state index >= 15 is 0 Å². The molecule has 0 saturated heterocycles. The van der Waals surface area contributed by atoms with Gasteiger partial charge < -0.3 is 9.47 Å². The molecule has 0 aliphatic heterocycles. The van der Waals surface area contributed by atoms with E-state index in [-0.39, 0.29) is 0 Å². The third kappa shape index (κ3) is 5.18. The van der Waals surface area contributed by atoms with Crippen LogP contribution in [0, 0.1) is 22.9 Å². The fraction of sp³-hybridized carbons (Fsp3) is 0.364. The van der Waals surface area contributed by atoms with Gasteiger partial charge >= 0.3 is 0 Å². The number of benzene rings is 2. The van der Waals surface area contributed by atoms with Crippen LogP contribution in [-0.4, -0.2) is 30.4 Å². The predicted molar refractivity (Wildman–Crippen MR) is 118 cm³/mol. The Hall–Kier alpha value is -2.15. The second-order valence-electron chi connectivity index (χ2n) is 8.41. The van der Waals surface area contributed by atoms with Gasteiger partial charge in [0, 0.05) is 16.3 Å². The highest BCUT2D eigenvalue weighted by Gasteiger charge is 2.14. The number of hydrogen-bond donors (Lipinski definition) is 0. The van der Waals surface area contributed by atoms with E-state index in [0.29, 0.717) is 0 Å². The number of rotatable bonds is 2. The Morgan fingerprint density at radius 3 is 1.88 bits per heavy atom. The SMILES string of the molecule is COc1ccc2c(C#C[Si](C)(C)C)c(OC)cc(C#C[Si](C)(C)C)c2c1. The van der Waals surface area contributed by atoms with Gasteiger partial charge in [-0.2, -0.15) is 0 Å². The summed E-state index contributed by atoms with van der Waals surface area (Å²) in [6.07, 6.45) is 0. The Morgan fingerprint density at radius 1 is 0.731 bits per heavy atom. The molecular formula is C22H28O2Si2. The van der Waals surface area contributed by atoms with Gasteiger partial charge in [-0.25, -0.2) is 0 Å². The molecule has 2 aromatic rings. The normalized spacial score (nSPS) is 11.2. The second-order valence-corrected chi connectivity index (χ2v) is 17.9. The van der Waals surface area contributed by atoms with E-state index in [2.05, 4.69) is 68.3 Å². The molecule has 0 fully saturated rings. The zero-order valence-corrected chi connectivity index (χ0v) is 19.1. The van der Waals surface area contributed by atoms with Crippen LogP contribution in [0.2, 0.25) is 39.3 Å². The molecule has 2 aromatic carbocycles. The van der Waals surface area contributed by atoms with Crippen LogP contribution < -0.4 is 9.47 Å². The number of ether oxygens (including phenoxy) is 2. The molecule has 0 aliphatic rings. The topological polar surface area (TPSA) is 18.5 Å². The van der Waals surface area contributed by atoms with Crippen LogP contribution in [0.1, 0.15) is 11.1 Å². The van der Waals surface area contributed by atoms with Crippen molar-refractivity contribution < 1.29 is 9.47 Å². The van der Waals surface area contributed by atoms with Gasteiger partial charge in [-0.15, -0.1) is 11.1 Å². The first kappa shape index (κ1) is 20.2. The fourth-order valence-corrected chi connectivity index (χ4v) is 3.41. The van der Waals surface area contributed by atoms with Crippen LogP contribution in [0.3, 0.4) is 0 Å². The minimum absolute atomic E-state index is 0.785. The van der Waals surface area contributed by atoms with Crippen molar-refractivity contribution in [1.29, 1.82) is 0 Å². The first-order valence-corrected chi connectivity index (χ1v) is 15.8. The molecule has 2 rings (SSSR count). The molecule has 0 atom stereocenters. The zero-order chi connectivity index (χ0) is 19.5. The van der Waals surface area contributed by atoms with E-state index in [4.69, 9.17) is 9.47 Å². The van der Waals surface area contributed by atoms with Crippen LogP contribution in [0.5, 0.6) is 11.5 Å². The molecule has 0 spiro atoms. The van der Waals surface area contributed by atoms with Gasteiger partial charge in [-0.05, 0) is 24.3 Å². The molecule has 0 saturated carbocycles. The first-order valence-electron chi connectivity index (χ1n) is 8.79. The summed E-state index contributed by atoms with van der Waals surface area (Å²) in [5, 5.41) is 2.13. The minimum Gasteiger partial charge on any atom is -0.497 e. The van der Waals surface area contributed by atoms with Crippen molar-refractivity contribution in [3.63, 3.8) is 0 Å². The smallest absolute Gasteiger partial charge is 0.136 e. The molecule has 0 bridgehead atoms. The Balaban J connectivity index is 2.85. The van der Waals surface area contributed by atoms with Crippen LogP contribution in [-0.2, 0) is 0 Å². The molecule has 0 N–H and O–H groups in total. The summed E-state index contributed by atoms with van der Waals surface area (Å²) in [7, 11) is 0.395. The van der Waals surface area contributed by atoms with Crippen LogP contribution in [0.4, 0.5) is 0 Å². The lowest BCUT2D eigenvalue weighted by atomic mass is 9.98. The number of hydrogen-bond acceptors (Lipinski definition) is 2. The van der Waals surface area contributed by atoms with Crippen molar-refractivity contribution in [2.24, 2.45) is 0 Å². The minimum atomic E-state index is -1.50. The van der Waals surface area contributed by atoms with E-state index < -0.39 is 16.1 Å². The van der Waals surface area contributed by atoms with Gasteiger partial charge in [-0.3, -0.25) is 0 Å². The van der Waals surface area contributed by atoms with Gasteiger partial charge in [0.15, 0.2) is 0 Å². The summed E-state index contributed by atoms with van der Waals surface area (Å²) in [6, 6.07) is 8.09. The second kappa shape index (κ2) is 7.62. The lowest BCUT2D eigenvalue weighted by Crippen LogP contribution is -2.16. The maximum atomic E-state index is 5.67. The van der Waals surface area contributed by atoms with Crippen molar-refractivity contribution in [2.75, 3.05) is 14.2 Å². The molecular weight excluding hydrogens is 352 g/mol. The average molecular weight is 381 g/mol. The lowest BCUT2D eigenvalue weighted by Gasteiger charge is -2.13. The number of fused-ring (bicyclic) bond motifs is 1. The largest absolute Gasteiger partial charge is 0.497 e. The van der Waals surface area contributed by atoms with Crippen molar-refractivity contribution in [2.45, 2.75) is 39.3 Å². The van der Waals surface area contributed by atoms with E-state index in [1.807, 2.05) is 18.2 Å². The summed E-state index contributed by atoms with van der Waals surface area (Å²) in [4.78, 5) is 0. The molecule has 26 heavy (non-hydrogen) atoms. The van der Waals surface area contributed by atoms with Crippen molar-refractivity contribution in [3.05, 3.63) is 35.4 Å². The Morgan fingerprint density at radius 2 is 1.35 bits per heavy atom. The molecule has 0 heterocycles. The van der Waals surface area contributed by atoms with E-state index in [1.165, 1.54) is 0 Å². The fourth-order valence-electron chi connectivity index (χ4n) is 2.40. The predicted octanol–water partition coefficient (Wildman–Crippen LogP) is 5.31. The Kier molecular flexibility index (Phi) is 5.91. The third-order valence-corrected chi connectivity index (χ3v) is 5.41. The molecule has 0 radical (unpaired) electrons. The highest BCUT2D eigenvalue weighted by molar-refractivity contribution is 6.84. The van der Waals surface area contributed by atoms with Gasteiger partial charge in [-0.1, -0.05) is 51.1 Å². The van der Waals surface area contributed by atoms with Crippen LogP contribution in [0.15, 0.2) is 24.3 Å². The van der Waals surface area contributed by atoms with E-state index in [1.54, 1.807) is 14.2 Å². The highest BCUT2D eigenvalue weighted by atomic mass is 28.3. The number of methoxy groups -OCH3 is 2. The standard InChI is InChI=1S/C22H28O2Si2/c1-23-18-9-10-19-20(12-14-26(6,7)8)22(24-2)15-17(21(19)16-18)11-13-25(3,4)5/h9-10,15-16H,1-8H3. The Bertz CT molecular complexity index is 940. The highest BCUT2D eigenvalue weighted by Crippen LogP contribution is 2.33. The van der Waals surface area contributed by atoms with Crippen LogP contribution >= 0.6 is 0 Å². The van der Waals surface area contributed by atoms with Crippen molar-refractivity contribution in [1.82, 2.24) is 0 Å². The molecule has 0 unspecified atom stereocenters. The maximum absolute atomic E-state index is 5.67. The summed E-state index contributed by atoms with van der Waals surface area (Å²) < 4.78 is 11.1. The van der Waals surface area contributed by atoms with Gasteiger partial charge in [0.1, 0.15) is 27.6 Å². The summed E-state index contributed by atoms with van der Waals surface area (Å²) >= 11 is 0. The molecule has 0 aliphatic carbocycles. The van der Waals surface area contributed by atoms with E-state index in [9.17, 15) is 0 Å². The summed E-state index contributed by atoms with van der Waals surface area (Å²) in [5.41, 5.74) is 8.82. The maximum Gasteiger partial charge on any atom is 0.136 e. The first-order chi connectivity index (χ1) is 12.0. The molecule has 0 aromatic heterocycles. The summed E-state index contributed by atoms with van der Waals surface area (Å²) in [5.74, 6) is 8.39.